The quantitative estimate of drug-likeness (QED) is 0.311. The van der Waals surface area contributed by atoms with Gasteiger partial charge >= 0.3 is 0 Å². The van der Waals surface area contributed by atoms with Gasteiger partial charge in [-0.25, -0.2) is 0 Å². The lowest BCUT2D eigenvalue weighted by Gasteiger charge is -2.23. The fraction of sp³-hybridized carbons (Fsp3) is 1.00. The minimum atomic E-state index is -4.34. The first kappa shape index (κ1) is 14.0. The largest absolute Gasteiger partial charge is 0.756 e. The Morgan fingerprint density at radius 3 is 2.64 bits per heavy atom. The van der Waals surface area contributed by atoms with Gasteiger partial charge in [-0.3, -0.25) is 4.57 Å². The van der Waals surface area contributed by atoms with Gasteiger partial charge in [-0.1, -0.05) is 0 Å². The van der Waals surface area contributed by atoms with Crippen molar-refractivity contribution >= 4 is 7.82 Å². The van der Waals surface area contributed by atoms with E-state index >= 15 is 0 Å². The van der Waals surface area contributed by atoms with Crippen LogP contribution in [0.25, 0.3) is 0 Å². The Labute approximate surface area is 82.1 Å². The molecular formula is C6H16NO6P. The first-order valence-corrected chi connectivity index (χ1v) is 5.66. The van der Waals surface area contributed by atoms with E-state index in [9.17, 15) is 9.46 Å². The van der Waals surface area contributed by atoms with E-state index in [1.54, 1.807) is 0 Å². The van der Waals surface area contributed by atoms with Gasteiger partial charge in [-0.05, 0) is 0 Å². The maximum Gasteiger partial charge on any atom is 0.267 e. The Hall–Kier alpha value is -0.0100. The molecule has 0 rings (SSSR count). The second-order valence-corrected chi connectivity index (χ2v) is 4.03. The molecule has 0 amide bonds. The van der Waals surface area contributed by atoms with E-state index in [0.29, 0.717) is 13.0 Å². The van der Waals surface area contributed by atoms with Gasteiger partial charge in [0.15, 0.2) is 0 Å². The van der Waals surface area contributed by atoms with Crippen LogP contribution in [-0.2, 0) is 13.6 Å². The van der Waals surface area contributed by atoms with E-state index in [1.807, 2.05) is 0 Å². The average Bonchev–Trinajstić information content (AvgIpc) is 2.14. The average molecular weight is 229 g/mol. The van der Waals surface area contributed by atoms with Gasteiger partial charge in [0.1, 0.15) is 6.10 Å². The maximum absolute atomic E-state index is 10.9. The number of hydrogen-bond donors (Lipinski definition) is 3. The molecule has 0 spiro atoms. The SMILES string of the molecule is [NH3+]CCCOP(=O)([O-])OCC(O)CO. The lowest BCUT2D eigenvalue weighted by atomic mass is 10.4. The summed E-state index contributed by atoms with van der Waals surface area (Å²) in [7, 11) is -4.34. The molecule has 0 saturated heterocycles. The molecule has 86 valence electrons. The zero-order valence-corrected chi connectivity index (χ0v) is 8.69. The van der Waals surface area contributed by atoms with Crippen molar-refractivity contribution in [2.45, 2.75) is 12.5 Å². The molecule has 0 heterocycles. The van der Waals surface area contributed by atoms with Crippen molar-refractivity contribution < 1.29 is 34.5 Å². The number of aliphatic hydroxyl groups excluding tert-OH is 2. The number of rotatable bonds is 8. The van der Waals surface area contributed by atoms with Gasteiger partial charge in [-0.15, -0.1) is 0 Å². The molecule has 14 heavy (non-hydrogen) atoms. The van der Waals surface area contributed by atoms with Crippen LogP contribution in [0.5, 0.6) is 0 Å². The third kappa shape index (κ3) is 7.40. The third-order valence-electron chi connectivity index (χ3n) is 1.28. The highest BCUT2D eigenvalue weighted by molar-refractivity contribution is 7.45. The number of phosphoric acid groups is 1. The van der Waals surface area contributed by atoms with Crippen molar-refractivity contribution in [3.63, 3.8) is 0 Å². The summed E-state index contributed by atoms with van der Waals surface area (Å²) in [4.78, 5) is 10.9. The molecule has 5 N–H and O–H groups in total. The van der Waals surface area contributed by atoms with Gasteiger partial charge in [0, 0.05) is 6.42 Å². The van der Waals surface area contributed by atoms with Crippen molar-refractivity contribution in [2.75, 3.05) is 26.4 Å². The zero-order chi connectivity index (χ0) is 11.0. The van der Waals surface area contributed by atoms with Gasteiger partial charge in [0.05, 0.1) is 26.4 Å². The molecule has 8 heteroatoms. The predicted molar refractivity (Wildman–Crippen MR) is 45.0 cm³/mol. The van der Waals surface area contributed by atoms with Crippen molar-refractivity contribution in [1.82, 2.24) is 0 Å². The van der Waals surface area contributed by atoms with Crippen molar-refractivity contribution in [3.05, 3.63) is 0 Å². The van der Waals surface area contributed by atoms with Crippen LogP contribution in [0.1, 0.15) is 6.42 Å². The molecule has 0 bridgehead atoms. The van der Waals surface area contributed by atoms with Crippen LogP contribution >= 0.6 is 7.82 Å². The highest BCUT2D eigenvalue weighted by Gasteiger charge is 2.12. The summed E-state index contributed by atoms with van der Waals surface area (Å²) < 4.78 is 19.6. The van der Waals surface area contributed by atoms with E-state index in [0.717, 1.165) is 0 Å². The lowest BCUT2D eigenvalue weighted by molar-refractivity contribution is -0.369. The summed E-state index contributed by atoms with van der Waals surface area (Å²) in [5.74, 6) is 0. The van der Waals surface area contributed by atoms with E-state index < -0.39 is 27.1 Å². The molecule has 0 aromatic heterocycles. The van der Waals surface area contributed by atoms with Crippen molar-refractivity contribution in [3.8, 4) is 0 Å². The molecule has 0 saturated carbocycles. The van der Waals surface area contributed by atoms with Crippen LogP contribution < -0.4 is 10.6 Å². The molecule has 0 radical (unpaired) electrons. The molecule has 2 atom stereocenters. The van der Waals surface area contributed by atoms with E-state index in [-0.39, 0.29) is 6.61 Å². The van der Waals surface area contributed by atoms with Crippen LogP contribution in [0, 0.1) is 0 Å². The molecule has 0 aromatic rings. The first-order valence-electron chi connectivity index (χ1n) is 4.20. The van der Waals surface area contributed by atoms with Gasteiger partial charge in [-0.2, -0.15) is 0 Å². The molecular weight excluding hydrogens is 213 g/mol. The van der Waals surface area contributed by atoms with E-state index in [2.05, 4.69) is 14.8 Å². The minimum absolute atomic E-state index is 0.0134. The third-order valence-corrected chi connectivity index (χ3v) is 2.24. The second-order valence-electron chi connectivity index (χ2n) is 2.62. The molecule has 0 aliphatic heterocycles. The Morgan fingerprint density at radius 2 is 2.14 bits per heavy atom. The molecule has 7 nitrogen and oxygen atoms in total. The van der Waals surface area contributed by atoms with Crippen LogP contribution in [0.15, 0.2) is 0 Å². The highest BCUT2D eigenvalue weighted by Crippen LogP contribution is 2.38. The summed E-state index contributed by atoms with van der Waals surface area (Å²) in [6, 6.07) is 0. The molecule has 2 unspecified atom stereocenters. The fourth-order valence-corrected chi connectivity index (χ4v) is 1.33. The summed E-state index contributed by atoms with van der Waals surface area (Å²) in [5, 5.41) is 17.2. The molecule has 0 fully saturated rings. The number of quaternary nitrogens is 1. The minimum Gasteiger partial charge on any atom is -0.756 e. The Bertz CT molecular complexity index is 189. The zero-order valence-electron chi connectivity index (χ0n) is 7.79. The summed E-state index contributed by atoms with van der Waals surface area (Å²) in [6.45, 7) is -0.473. The topological polar surface area (TPSA) is 127 Å². The van der Waals surface area contributed by atoms with Crippen LogP contribution in [0.2, 0.25) is 0 Å². The van der Waals surface area contributed by atoms with E-state index in [4.69, 9.17) is 10.2 Å². The second kappa shape index (κ2) is 7.30. The van der Waals surface area contributed by atoms with Crippen molar-refractivity contribution in [2.24, 2.45) is 0 Å². The molecule has 0 aliphatic carbocycles. The standard InChI is InChI=1S/C6H16NO6P/c7-2-1-3-12-14(10,11)13-5-6(9)4-8/h6,8-9H,1-5,7H2,(H,10,11). The van der Waals surface area contributed by atoms with Crippen LogP contribution in [0.4, 0.5) is 0 Å². The monoisotopic (exact) mass is 229 g/mol. The lowest BCUT2D eigenvalue weighted by Crippen LogP contribution is -2.50. The first-order chi connectivity index (χ1) is 6.52. The highest BCUT2D eigenvalue weighted by atomic mass is 31.2. The normalized spacial score (nSPS) is 17.7. The number of aliphatic hydroxyl groups is 2. The van der Waals surface area contributed by atoms with Gasteiger partial charge in [0.2, 0.25) is 0 Å². The smallest absolute Gasteiger partial charge is 0.267 e. The summed E-state index contributed by atoms with van der Waals surface area (Å²) in [5.41, 5.74) is 3.51. The Morgan fingerprint density at radius 1 is 1.50 bits per heavy atom. The molecule has 0 aromatic carbocycles. The Kier molecular flexibility index (Phi) is 7.30. The molecule has 0 aliphatic rings. The summed E-state index contributed by atoms with van der Waals surface area (Å²) in [6.07, 6.45) is -0.702. The van der Waals surface area contributed by atoms with Gasteiger partial charge in [0.25, 0.3) is 7.82 Å². The van der Waals surface area contributed by atoms with Crippen LogP contribution in [0.3, 0.4) is 0 Å². The van der Waals surface area contributed by atoms with Crippen LogP contribution in [-0.4, -0.2) is 42.7 Å². The predicted octanol–water partition coefficient (Wildman–Crippen LogP) is -2.53. The fourth-order valence-electron chi connectivity index (χ4n) is 0.546. The maximum atomic E-state index is 10.9. The summed E-state index contributed by atoms with van der Waals surface area (Å²) >= 11 is 0. The van der Waals surface area contributed by atoms with E-state index in [1.165, 1.54) is 0 Å². The number of phosphoric ester groups is 1. The Balaban J connectivity index is 3.66. The number of hydrogen-bond acceptors (Lipinski definition) is 6. The van der Waals surface area contributed by atoms with Gasteiger partial charge < -0.3 is 29.9 Å². The van der Waals surface area contributed by atoms with Crippen molar-refractivity contribution in [1.29, 1.82) is 0 Å².